The summed E-state index contributed by atoms with van der Waals surface area (Å²) in [5.74, 6) is 0. The second-order valence-electron chi connectivity index (χ2n) is 8.80. The fourth-order valence-corrected chi connectivity index (χ4v) is 6.10. The Morgan fingerprint density at radius 1 is 0.786 bits per heavy atom. The van der Waals surface area contributed by atoms with Crippen molar-refractivity contribution in [1.82, 2.24) is 0 Å². The lowest BCUT2D eigenvalue weighted by Crippen LogP contribution is -2.63. The van der Waals surface area contributed by atoms with Gasteiger partial charge in [-0.2, -0.15) is 0 Å². The molecule has 4 aromatic rings. The second-order valence-corrected chi connectivity index (χ2v) is 13.8. The van der Waals surface area contributed by atoms with Crippen LogP contribution in [0.2, 0.25) is 19.6 Å². The van der Waals surface area contributed by atoms with Crippen molar-refractivity contribution in [3.8, 4) is 0 Å². The molecule has 0 saturated heterocycles. The summed E-state index contributed by atoms with van der Waals surface area (Å²) in [5, 5.41) is 5.53. The lowest BCUT2D eigenvalue weighted by molar-refractivity contribution is -0.802. The van der Waals surface area contributed by atoms with E-state index in [4.69, 9.17) is 0 Å². The van der Waals surface area contributed by atoms with Crippen LogP contribution in [0.25, 0.3) is 21.7 Å². The number of rotatable bonds is 2. The molecule has 0 saturated carbocycles. The van der Waals surface area contributed by atoms with Crippen molar-refractivity contribution in [3.05, 3.63) is 78.4 Å². The quantitative estimate of drug-likeness (QED) is 0.263. The Kier molecular flexibility index (Phi) is 3.78. The molecular weight excluding hydrogens is 356 g/mol. The van der Waals surface area contributed by atoms with Gasteiger partial charge in [0.2, 0.25) is 11.2 Å². The Morgan fingerprint density at radius 3 is 2.25 bits per heavy atom. The SMILES string of the molecule is C/C(c1ccccc1)=[N+]1\C[n+]2c([Si](C)(C)C)ccc3ccc4cccc1c4c32. The molecule has 0 amide bonds. The molecule has 0 aliphatic carbocycles. The Hall–Kier alpha value is -2.78. The predicted octanol–water partition coefficient (Wildman–Crippen LogP) is 4.95. The largest absolute Gasteiger partial charge is 0.344 e. The van der Waals surface area contributed by atoms with Crippen molar-refractivity contribution in [3.63, 3.8) is 0 Å². The third-order valence-electron chi connectivity index (χ3n) is 5.95. The summed E-state index contributed by atoms with van der Waals surface area (Å²) in [6.07, 6.45) is 0. The smallest absolute Gasteiger partial charge is 0.141 e. The molecule has 2 nitrogen and oxygen atoms in total. The third-order valence-corrected chi connectivity index (χ3v) is 7.92. The molecule has 1 aliphatic rings. The molecule has 5 rings (SSSR count). The summed E-state index contributed by atoms with van der Waals surface area (Å²) in [5.41, 5.74) is 5.29. The van der Waals surface area contributed by atoms with Crippen molar-refractivity contribution in [2.24, 2.45) is 0 Å². The summed E-state index contributed by atoms with van der Waals surface area (Å²) in [4.78, 5) is 0. The molecule has 0 unspecified atom stereocenters. The molecule has 0 spiro atoms. The number of hydrogen-bond donors (Lipinski definition) is 0. The zero-order valence-electron chi connectivity index (χ0n) is 17.0. The van der Waals surface area contributed by atoms with Crippen molar-refractivity contribution in [1.29, 1.82) is 0 Å². The standard InChI is InChI=1S/C25H26N2Si/c1-18(19-9-6-5-7-10-19)26-17-27-23(28(2,3)4)16-15-21-14-13-20-11-8-12-22(26)24(20)25(21)27/h5-16H,17H2,1-4H3/q+2/b26-18-. The fourth-order valence-electron chi connectivity index (χ4n) is 4.53. The third kappa shape index (κ3) is 2.54. The van der Waals surface area contributed by atoms with Gasteiger partial charge in [-0.15, -0.1) is 9.14 Å². The van der Waals surface area contributed by atoms with E-state index in [1.165, 1.54) is 44.0 Å². The highest BCUT2D eigenvalue weighted by molar-refractivity contribution is 6.87. The van der Waals surface area contributed by atoms with Crippen molar-refractivity contribution >= 4 is 46.5 Å². The number of nitrogens with zero attached hydrogens (tertiary/aromatic N) is 2. The predicted molar refractivity (Wildman–Crippen MR) is 121 cm³/mol. The molecule has 3 aromatic carbocycles. The second kappa shape index (κ2) is 6.11. The Bertz CT molecular complexity index is 1260. The number of benzene rings is 3. The van der Waals surface area contributed by atoms with E-state index in [1.54, 1.807) is 0 Å². The Morgan fingerprint density at radius 2 is 1.50 bits per heavy atom. The van der Waals surface area contributed by atoms with Crippen LogP contribution < -0.4 is 9.88 Å². The molecule has 1 aromatic heterocycles. The molecule has 138 valence electrons. The molecule has 3 heteroatoms. The Balaban J connectivity index is 1.94. The first-order valence-corrected chi connectivity index (χ1v) is 13.5. The number of aromatic nitrogens is 1. The number of pyridine rings is 1. The lowest BCUT2D eigenvalue weighted by atomic mass is 10.0. The lowest BCUT2D eigenvalue weighted by Gasteiger charge is -2.20. The van der Waals surface area contributed by atoms with E-state index in [1.807, 2.05) is 0 Å². The van der Waals surface area contributed by atoms with E-state index in [0.717, 1.165) is 6.67 Å². The summed E-state index contributed by atoms with van der Waals surface area (Å²) in [7, 11) is -1.49. The minimum absolute atomic E-state index is 0.869. The van der Waals surface area contributed by atoms with E-state index in [2.05, 4.69) is 109 Å². The molecule has 2 heterocycles. The molecule has 0 bridgehead atoms. The summed E-state index contributed by atoms with van der Waals surface area (Å²) in [6, 6.07) is 26.7. The van der Waals surface area contributed by atoms with Crippen LogP contribution in [-0.4, -0.2) is 18.4 Å². The van der Waals surface area contributed by atoms with Crippen LogP contribution in [0.4, 0.5) is 5.69 Å². The number of hydrogen-bond acceptors (Lipinski definition) is 0. The minimum Gasteiger partial charge on any atom is -0.141 e. The Labute approximate surface area is 167 Å². The van der Waals surface area contributed by atoms with Gasteiger partial charge in [0.25, 0.3) is 0 Å². The van der Waals surface area contributed by atoms with Crippen LogP contribution >= 0.6 is 0 Å². The van der Waals surface area contributed by atoms with Crippen molar-refractivity contribution in [2.45, 2.75) is 33.2 Å². The van der Waals surface area contributed by atoms with Crippen LogP contribution in [0.5, 0.6) is 0 Å². The maximum atomic E-state index is 2.59. The highest BCUT2D eigenvalue weighted by atomic mass is 28.3. The van der Waals surface area contributed by atoms with Gasteiger partial charge in [0.15, 0.2) is 19.1 Å². The van der Waals surface area contributed by atoms with Gasteiger partial charge in [-0.1, -0.05) is 56.0 Å². The average molecular weight is 383 g/mol. The van der Waals surface area contributed by atoms with Crippen LogP contribution in [0.15, 0.2) is 72.8 Å². The monoisotopic (exact) mass is 382 g/mol. The molecule has 0 radical (unpaired) electrons. The van der Waals surface area contributed by atoms with E-state index in [0.29, 0.717) is 0 Å². The molecule has 28 heavy (non-hydrogen) atoms. The molecular formula is C25H26N2Si+2. The molecule has 0 atom stereocenters. The summed E-state index contributed by atoms with van der Waals surface area (Å²) in [6.45, 7) is 10.4. The normalized spacial score (nSPS) is 15.4. The van der Waals surface area contributed by atoms with Crippen LogP contribution in [0.3, 0.4) is 0 Å². The van der Waals surface area contributed by atoms with E-state index in [-0.39, 0.29) is 0 Å². The molecule has 1 aliphatic heterocycles. The highest BCUT2D eigenvalue weighted by Gasteiger charge is 2.37. The van der Waals surface area contributed by atoms with Crippen molar-refractivity contribution in [2.75, 3.05) is 0 Å². The van der Waals surface area contributed by atoms with Crippen LogP contribution in [-0.2, 0) is 6.67 Å². The van der Waals surface area contributed by atoms with E-state index >= 15 is 0 Å². The van der Waals surface area contributed by atoms with Gasteiger partial charge in [-0.25, -0.2) is 0 Å². The maximum Gasteiger partial charge on any atom is 0.344 e. The van der Waals surface area contributed by atoms with Gasteiger partial charge in [-0.3, -0.25) is 0 Å². The van der Waals surface area contributed by atoms with Gasteiger partial charge in [0, 0.05) is 23.9 Å². The molecule has 0 fully saturated rings. The van der Waals surface area contributed by atoms with Gasteiger partial charge >= 0.3 is 6.67 Å². The highest BCUT2D eigenvalue weighted by Crippen LogP contribution is 2.34. The van der Waals surface area contributed by atoms with E-state index < -0.39 is 8.07 Å². The fraction of sp³-hybridized carbons (Fsp3) is 0.200. The zero-order chi connectivity index (χ0) is 19.5. The van der Waals surface area contributed by atoms with Gasteiger partial charge in [0.05, 0.1) is 0 Å². The maximum absolute atomic E-state index is 2.59. The van der Waals surface area contributed by atoms with Gasteiger partial charge < -0.3 is 0 Å². The minimum atomic E-state index is -1.49. The van der Waals surface area contributed by atoms with Crippen LogP contribution in [0, 0.1) is 0 Å². The average Bonchev–Trinajstić information content (AvgIpc) is 2.71. The van der Waals surface area contributed by atoms with E-state index in [9.17, 15) is 0 Å². The van der Waals surface area contributed by atoms with Crippen molar-refractivity contribution < 1.29 is 9.14 Å². The summed E-state index contributed by atoms with van der Waals surface area (Å²) < 4.78 is 5.08. The van der Waals surface area contributed by atoms with Gasteiger partial charge in [0.1, 0.15) is 5.39 Å². The zero-order valence-corrected chi connectivity index (χ0v) is 18.0. The molecule has 0 N–H and O–H groups in total. The topological polar surface area (TPSA) is 6.89 Å². The van der Waals surface area contributed by atoms with Crippen LogP contribution in [0.1, 0.15) is 12.5 Å². The first-order valence-electron chi connectivity index (χ1n) is 10.0. The van der Waals surface area contributed by atoms with Gasteiger partial charge in [-0.05, 0) is 35.7 Å². The summed E-state index contributed by atoms with van der Waals surface area (Å²) >= 11 is 0. The first-order chi connectivity index (χ1) is 13.4. The first kappa shape index (κ1) is 17.3.